The molecule has 9 heteroatoms. The first kappa shape index (κ1) is 11.6. The lowest BCUT2D eigenvalue weighted by molar-refractivity contribution is -0.102. The average Bonchev–Trinajstić information content (AvgIpc) is 1.99. The zero-order valence-corrected chi connectivity index (χ0v) is 8.33. The predicted octanol–water partition coefficient (Wildman–Crippen LogP) is 1.02. The molecule has 0 saturated carbocycles. The summed E-state index contributed by atoms with van der Waals surface area (Å²) in [6.07, 6.45) is 0. The lowest BCUT2D eigenvalue weighted by atomic mass is 10.8. The topological polar surface area (TPSA) is 83.2 Å². The summed E-state index contributed by atoms with van der Waals surface area (Å²) in [4.78, 5) is 10.2. The molecule has 0 fully saturated rings. The number of nitrogens with zero attached hydrogens (tertiary/aromatic N) is 3. The van der Waals surface area contributed by atoms with Gasteiger partial charge in [0.15, 0.2) is 0 Å². The Balaban J connectivity index is 2.88. The van der Waals surface area contributed by atoms with Gasteiger partial charge in [0.25, 0.3) is 0 Å². The predicted molar refractivity (Wildman–Crippen MR) is 46.8 cm³/mol. The maximum Gasteiger partial charge on any atom is 0.489 e. The molecule has 0 saturated heterocycles. The highest BCUT2D eigenvalue weighted by Gasteiger charge is 2.29. The molecule has 0 spiro atoms. The zero-order valence-electron chi connectivity index (χ0n) is 7.58. The Bertz CT molecular complexity index is 346. The molecule has 1 aromatic rings. The molecule has 1 rings (SSSR count). The minimum Gasteiger partial charge on any atom is -0.464 e. The standard InChI is InChI=1S/C6H7ClF2N4O2/c1-2-14-4-11-3(10)12-5(13-4)15-6(7,8)9/h2H2,1H3,(H2,10,11,12,13). The molecule has 0 amide bonds. The second-order valence-electron chi connectivity index (χ2n) is 2.24. The van der Waals surface area contributed by atoms with E-state index >= 15 is 0 Å². The van der Waals surface area contributed by atoms with Gasteiger partial charge in [0.05, 0.1) is 6.61 Å². The minimum atomic E-state index is -3.91. The van der Waals surface area contributed by atoms with Gasteiger partial charge in [-0.2, -0.15) is 9.97 Å². The fourth-order valence-corrected chi connectivity index (χ4v) is 0.765. The Hall–Kier alpha value is -1.44. The summed E-state index contributed by atoms with van der Waals surface area (Å²) in [5, 5.41) is 0. The van der Waals surface area contributed by atoms with Crippen LogP contribution in [-0.4, -0.2) is 27.1 Å². The maximum absolute atomic E-state index is 12.2. The van der Waals surface area contributed by atoms with Crippen molar-refractivity contribution in [2.45, 2.75) is 12.5 Å². The van der Waals surface area contributed by atoms with Crippen LogP contribution in [0.1, 0.15) is 6.92 Å². The number of ether oxygens (including phenoxy) is 2. The smallest absolute Gasteiger partial charge is 0.464 e. The van der Waals surface area contributed by atoms with Gasteiger partial charge in [-0.1, -0.05) is 0 Å². The van der Waals surface area contributed by atoms with Crippen molar-refractivity contribution in [3.05, 3.63) is 0 Å². The quantitative estimate of drug-likeness (QED) is 0.791. The second kappa shape index (κ2) is 4.39. The molecule has 1 heterocycles. The molecule has 0 bridgehead atoms. The summed E-state index contributed by atoms with van der Waals surface area (Å²) < 4.78 is 33.1. The van der Waals surface area contributed by atoms with Gasteiger partial charge in [0.2, 0.25) is 5.95 Å². The van der Waals surface area contributed by atoms with E-state index in [1.165, 1.54) is 0 Å². The molecule has 6 nitrogen and oxygen atoms in total. The summed E-state index contributed by atoms with van der Waals surface area (Å²) in [5.74, 6) is -0.302. The van der Waals surface area contributed by atoms with Crippen LogP contribution in [0, 0.1) is 0 Å². The number of nitrogen functional groups attached to an aromatic ring is 1. The molecule has 0 aliphatic heterocycles. The van der Waals surface area contributed by atoms with Gasteiger partial charge < -0.3 is 15.2 Å². The largest absolute Gasteiger partial charge is 0.489 e. The normalized spacial score (nSPS) is 11.2. The van der Waals surface area contributed by atoms with E-state index in [9.17, 15) is 8.78 Å². The number of nitrogens with two attached hydrogens (primary N) is 1. The molecule has 0 unspecified atom stereocenters. The van der Waals surface area contributed by atoms with E-state index in [-0.39, 0.29) is 18.6 Å². The monoisotopic (exact) mass is 240 g/mol. The Morgan fingerprint density at radius 1 is 1.33 bits per heavy atom. The summed E-state index contributed by atoms with van der Waals surface area (Å²) >= 11 is 4.51. The molecule has 0 aliphatic rings. The van der Waals surface area contributed by atoms with E-state index in [2.05, 4.69) is 31.3 Å². The summed E-state index contributed by atoms with van der Waals surface area (Å²) in [6, 6.07) is -0.910. The van der Waals surface area contributed by atoms with Crippen LogP contribution in [0.4, 0.5) is 14.7 Å². The molecule has 0 atom stereocenters. The third kappa shape index (κ3) is 4.07. The van der Waals surface area contributed by atoms with Crippen molar-refractivity contribution in [2.75, 3.05) is 12.3 Å². The van der Waals surface area contributed by atoms with Crippen LogP contribution in [0.3, 0.4) is 0 Å². The van der Waals surface area contributed by atoms with Gasteiger partial charge in [-0.05, 0) is 6.92 Å². The lowest BCUT2D eigenvalue weighted by Crippen LogP contribution is -2.18. The molecule has 1 aromatic heterocycles. The molecule has 84 valence electrons. The molecule has 15 heavy (non-hydrogen) atoms. The van der Waals surface area contributed by atoms with E-state index in [0.717, 1.165) is 0 Å². The van der Waals surface area contributed by atoms with Gasteiger partial charge in [0, 0.05) is 11.6 Å². The van der Waals surface area contributed by atoms with E-state index in [4.69, 9.17) is 10.5 Å². The highest BCUT2D eigenvalue weighted by atomic mass is 35.5. The molecular weight excluding hydrogens is 234 g/mol. The second-order valence-corrected chi connectivity index (χ2v) is 2.68. The number of anilines is 1. The van der Waals surface area contributed by atoms with Crippen LogP contribution in [0.15, 0.2) is 0 Å². The fraction of sp³-hybridized carbons (Fsp3) is 0.500. The summed E-state index contributed by atoms with van der Waals surface area (Å²) in [5.41, 5.74) is 1.29. The van der Waals surface area contributed by atoms with E-state index in [1.54, 1.807) is 6.92 Å². The van der Waals surface area contributed by atoms with Gasteiger partial charge in [-0.15, -0.1) is 13.8 Å². The third-order valence-corrected chi connectivity index (χ3v) is 1.17. The highest BCUT2D eigenvalue weighted by Crippen LogP contribution is 2.23. The van der Waals surface area contributed by atoms with Gasteiger partial charge >= 0.3 is 17.6 Å². The lowest BCUT2D eigenvalue weighted by Gasteiger charge is -2.09. The number of hydrogen-bond donors (Lipinski definition) is 1. The first-order valence-corrected chi connectivity index (χ1v) is 4.18. The van der Waals surface area contributed by atoms with Crippen LogP contribution in [0.5, 0.6) is 12.0 Å². The maximum atomic E-state index is 12.2. The van der Waals surface area contributed by atoms with Crippen LogP contribution in [0.2, 0.25) is 0 Å². The van der Waals surface area contributed by atoms with Gasteiger partial charge in [0.1, 0.15) is 0 Å². The molecule has 0 radical (unpaired) electrons. The number of halogens is 3. The Kier molecular flexibility index (Phi) is 3.40. The molecule has 2 N–H and O–H groups in total. The SMILES string of the molecule is CCOc1nc(N)nc(OC(F)(F)Cl)n1. The molecule has 0 aliphatic carbocycles. The van der Waals surface area contributed by atoms with Crippen LogP contribution >= 0.6 is 11.6 Å². The van der Waals surface area contributed by atoms with Gasteiger partial charge in [-0.3, -0.25) is 0 Å². The van der Waals surface area contributed by atoms with Crippen molar-refractivity contribution in [2.24, 2.45) is 0 Å². The number of aromatic nitrogens is 3. The van der Waals surface area contributed by atoms with Crippen molar-refractivity contribution in [3.63, 3.8) is 0 Å². The average molecular weight is 241 g/mol. The van der Waals surface area contributed by atoms with Crippen LogP contribution < -0.4 is 15.2 Å². The van der Waals surface area contributed by atoms with Crippen molar-refractivity contribution in [1.82, 2.24) is 15.0 Å². The first-order chi connectivity index (χ1) is 6.90. The van der Waals surface area contributed by atoms with Crippen LogP contribution in [-0.2, 0) is 0 Å². The van der Waals surface area contributed by atoms with Crippen molar-refractivity contribution >= 4 is 17.5 Å². The Morgan fingerprint density at radius 2 is 1.93 bits per heavy atom. The first-order valence-electron chi connectivity index (χ1n) is 3.81. The zero-order chi connectivity index (χ0) is 11.5. The fourth-order valence-electron chi connectivity index (χ4n) is 0.696. The summed E-state index contributed by atoms with van der Waals surface area (Å²) in [6.45, 7) is 1.91. The van der Waals surface area contributed by atoms with Crippen LogP contribution in [0.25, 0.3) is 0 Å². The highest BCUT2D eigenvalue weighted by molar-refractivity contribution is 6.20. The van der Waals surface area contributed by atoms with Crippen molar-refractivity contribution in [1.29, 1.82) is 0 Å². The number of hydrogen-bond acceptors (Lipinski definition) is 6. The Labute approximate surface area is 88.4 Å². The van der Waals surface area contributed by atoms with E-state index < -0.39 is 11.6 Å². The van der Waals surface area contributed by atoms with Crippen molar-refractivity contribution < 1.29 is 18.3 Å². The Morgan fingerprint density at radius 3 is 2.47 bits per heavy atom. The van der Waals surface area contributed by atoms with Crippen molar-refractivity contribution in [3.8, 4) is 12.0 Å². The van der Waals surface area contributed by atoms with Gasteiger partial charge in [-0.25, -0.2) is 0 Å². The molecule has 0 aromatic carbocycles. The minimum absolute atomic E-state index is 0.207. The van der Waals surface area contributed by atoms with E-state index in [0.29, 0.717) is 0 Å². The number of alkyl halides is 3. The van der Waals surface area contributed by atoms with E-state index in [1.807, 2.05) is 0 Å². The third-order valence-electron chi connectivity index (χ3n) is 1.09. The number of rotatable bonds is 4. The summed E-state index contributed by atoms with van der Waals surface area (Å²) in [7, 11) is 0. The molecular formula is C6H7ClF2N4O2.